The molecule has 0 bridgehead atoms. The van der Waals surface area contributed by atoms with E-state index in [4.69, 9.17) is 0 Å². The molecule has 0 radical (unpaired) electrons. The topological polar surface area (TPSA) is 0 Å². The van der Waals surface area contributed by atoms with Gasteiger partial charge >= 0.3 is 0 Å². The fourth-order valence-corrected chi connectivity index (χ4v) is 3.41. The Bertz CT molecular complexity index is 750. The molecule has 0 spiro atoms. The maximum absolute atomic E-state index is 2.43. The fraction of sp³-hybridized carbons (Fsp3) is 0.143. The molecule has 0 saturated heterocycles. The van der Waals surface area contributed by atoms with Crippen LogP contribution in [0, 0.1) is 0 Å². The fourth-order valence-electron chi connectivity index (χ4n) is 3.41. The van der Waals surface area contributed by atoms with Crippen LogP contribution >= 0.6 is 0 Å². The molecule has 0 nitrogen and oxygen atoms in total. The molecule has 0 heteroatoms. The van der Waals surface area contributed by atoms with Gasteiger partial charge in [0.2, 0.25) is 0 Å². The standard InChI is InChI=1S/C21H18/c1-4-10-16-11-5-2-9-15-20-18-13-7-3-6-12-17(18)19(14-8-1)21(16)20/h1,3-8,10-12,14-15H,2,9,13H2/b4-1-,8-1?,10-4?,11-5-,14-8?,16-10-,19-14?,20-15?,21-16?. The quantitative estimate of drug-likeness (QED) is 0.550. The Kier molecular flexibility index (Phi) is 3.08. The van der Waals surface area contributed by atoms with Gasteiger partial charge in [0, 0.05) is 0 Å². The van der Waals surface area contributed by atoms with Gasteiger partial charge in [-0.2, -0.15) is 0 Å². The lowest BCUT2D eigenvalue weighted by atomic mass is 9.89. The van der Waals surface area contributed by atoms with E-state index in [1.807, 2.05) is 0 Å². The van der Waals surface area contributed by atoms with Crippen molar-refractivity contribution in [2.24, 2.45) is 0 Å². The highest BCUT2D eigenvalue weighted by atomic mass is 14.3. The minimum Gasteiger partial charge on any atom is -0.0836 e. The lowest BCUT2D eigenvalue weighted by Gasteiger charge is -2.14. The van der Waals surface area contributed by atoms with Gasteiger partial charge in [-0.3, -0.25) is 0 Å². The van der Waals surface area contributed by atoms with Gasteiger partial charge in [0.15, 0.2) is 0 Å². The van der Waals surface area contributed by atoms with E-state index in [0.717, 1.165) is 19.3 Å². The first-order valence-corrected chi connectivity index (χ1v) is 7.69. The zero-order valence-electron chi connectivity index (χ0n) is 12.0. The lowest BCUT2D eigenvalue weighted by Crippen LogP contribution is -1.96. The molecule has 21 heavy (non-hydrogen) atoms. The number of hydrogen-bond donors (Lipinski definition) is 0. The first kappa shape index (κ1) is 12.4. The minimum atomic E-state index is 1.03. The molecule has 102 valence electrons. The Morgan fingerprint density at radius 1 is 0.714 bits per heavy atom. The predicted octanol–water partition coefficient (Wildman–Crippen LogP) is 5.44. The van der Waals surface area contributed by atoms with Crippen molar-refractivity contribution < 1.29 is 0 Å². The molecule has 0 atom stereocenters. The van der Waals surface area contributed by atoms with Crippen molar-refractivity contribution in [1.82, 2.24) is 0 Å². The Balaban J connectivity index is 1.99. The first-order chi connectivity index (χ1) is 10.4. The highest BCUT2D eigenvalue weighted by Gasteiger charge is 2.28. The van der Waals surface area contributed by atoms with Crippen molar-refractivity contribution in [2.45, 2.75) is 19.3 Å². The highest BCUT2D eigenvalue weighted by molar-refractivity contribution is 5.77. The molecule has 0 saturated carbocycles. The van der Waals surface area contributed by atoms with Crippen molar-refractivity contribution in [1.29, 1.82) is 0 Å². The van der Waals surface area contributed by atoms with Gasteiger partial charge in [0.25, 0.3) is 0 Å². The lowest BCUT2D eigenvalue weighted by molar-refractivity contribution is 1.03. The Labute approximate surface area is 126 Å². The molecule has 0 N–H and O–H groups in total. The average molecular weight is 270 g/mol. The predicted molar refractivity (Wildman–Crippen MR) is 89.8 cm³/mol. The third kappa shape index (κ3) is 2.08. The maximum Gasteiger partial charge on any atom is -0.00329 e. The summed E-state index contributed by atoms with van der Waals surface area (Å²) in [6.07, 6.45) is 30.0. The van der Waals surface area contributed by atoms with Crippen molar-refractivity contribution in [3.8, 4) is 0 Å². The third-order valence-electron chi connectivity index (χ3n) is 4.34. The molecule has 0 heterocycles. The molecule has 4 rings (SSSR count). The van der Waals surface area contributed by atoms with Crippen LogP contribution in [0.3, 0.4) is 0 Å². The van der Waals surface area contributed by atoms with E-state index in [-0.39, 0.29) is 0 Å². The summed E-state index contributed by atoms with van der Waals surface area (Å²) in [7, 11) is 0. The summed E-state index contributed by atoms with van der Waals surface area (Å²) in [5, 5.41) is 0. The van der Waals surface area contributed by atoms with E-state index >= 15 is 0 Å². The highest BCUT2D eigenvalue weighted by Crippen LogP contribution is 2.45. The molecule has 4 aliphatic rings. The summed E-state index contributed by atoms with van der Waals surface area (Å²) < 4.78 is 0. The summed E-state index contributed by atoms with van der Waals surface area (Å²) in [5.41, 5.74) is 8.45. The van der Waals surface area contributed by atoms with Crippen LogP contribution in [0.1, 0.15) is 19.3 Å². The number of rotatable bonds is 0. The molecule has 0 unspecified atom stereocenters. The normalized spacial score (nSPS) is 28.4. The van der Waals surface area contributed by atoms with Crippen LogP contribution in [0.2, 0.25) is 0 Å². The van der Waals surface area contributed by atoms with E-state index < -0.39 is 0 Å². The minimum absolute atomic E-state index is 1.03. The summed E-state index contributed by atoms with van der Waals surface area (Å²) in [6.45, 7) is 0. The molecule has 0 fully saturated rings. The maximum atomic E-state index is 2.43. The van der Waals surface area contributed by atoms with E-state index in [0.29, 0.717) is 0 Å². The molecule has 0 aromatic rings. The monoisotopic (exact) mass is 270 g/mol. The zero-order valence-corrected chi connectivity index (χ0v) is 12.0. The largest absolute Gasteiger partial charge is 0.0836 e. The van der Waals surface area contributed by atoms with Gasteiger partial charge in [-0.25, -0.2) is 0 Å². The third-order valence-corrected chi connectivity index (χ3v) is 4.34. The van der Waals surface area contributed by atoms with Crippen LogP contribution in [-0.4, -0.2) is 0 Å². The second-order valence-electron chi connectivity index (χ2n) is 5.64. The second kappa shape index (κ2) is 5.21. The number of fused-ring (bicyclic) bond motifs is 2. The van der Waals surface area contributed by atoms with Gasteiger partial charge in [0.1, 0.15) is 0 Å². The van der Waals surface area contributed by atoms with Crippen molar-refractivity contribution in [2.75, 3.05) is 0 Å². The smallest absolute Gasteiger partial charge is 0.00329 e. The van der Waals surface area contributed by atoms with E-state index in [1.165, 1.54) is 33.4 Å². The van der Waals surface area contributed by atoms with Crippen LogP contribution in [0.4, 0.5) is 0 Å². The van der Waals surface area contributed by atoms with Gasteiger partial charge < -0.3 is 0 Å². The van der Waals surface area contributed by atoms with Crippen LogP contribution in [0.5, 0.6) is 0 Å². The first-order valence-electron chi connectivity index (χ1n) is 7.69. The van der Waals surface area contributed by atoms with Crippen LogP contribution < -0.4 is 0 Å². The van der Waals surface area contributed by atoms with E-state index in [1.54, 1.807) is 0 Å². The van der Waals surface area contributed by atoms with Crippen LogP contribution in [0.25, 0.3) is 0 Å². The molecule has 0 aromatic carbocycles. The SMILES string of the molecule is C1=CCC2=C(C=C1)C1=C3C2=CCC\C=C/C3=C/C=C\C=C1. The molecular formula is C21H18. The number of allylic oxidation sites excluding steroid dienone is 18. The van der Waals surface area contributed by atoms with Crippen molar-refractivity contribution in [3.63, 3.8) is 0 Å². The van der Waals surface area contributed by atoms with Gasteiger partial charge in [-0.05, 0) is 52.7 Å². The van der Waals surface area contributed by atoms with Crippen LogP contribution in [-0.2, 0) is 0 Å². The number of hydrogen-bond acceptors (Lipinski definition) is 0. The summed E-state index contributed by atoms with van der Waals surface area (Å²) in [4.78, 5) is 0. The van der Waals surface area contributed by atoms with Crippen molar-refractivity contribution >= 4 is 0 Å². The summed E-state index contributed by atoms with van der Waals surface area (Å²) in [5.74, 6) is 0. The summed E-state index contributed by atoms with van der Waals surface area (Å²) in [6, 6.07) is 0. The van der Waals surface area contributed by atoms with Crippen LogP contribution in [0.15, 0.2) is 106 Å². The summed E-state index contributed by atoms with van der Waals surface area (Å²) >= 11 is 0. The molecule has 4 aliphatic carbocycles. The molecule has 0 amide bonds. The van der Waals surface area contributed by atoms with Gasteiger partial charge in [-0.1, -0.05) is 72.9 Å². The second-order valence-corrected chi connectivity index (χ2v) is 5.64. The van der Waals surface area contributed by atoms with E-state index in [2.05, 4.69) is 72.9 Å². The molecular weight excluding hydrogens is 252 g/mol. The Morgan fingerprint density at radius 3 is 2.62 bits per heavy atom. The Hall–Kier alpha value is -2.34. The zero-order chi connectivity index (χ0) is 14.1. The molecule has 0 aliphatic heterocycles. The van der Waals surface area contributed by atoms with Gasteiger partial charge in [0.05, 0.1) is 0 Å². The van der Waals surface area contributed by atoms with Gasteiger partial charge in [-0.15, -0.1) is 0 Å². The molecule has 0 aromatic heterocycles. The average Bonchev–Trinajstić information content (AvgIpc) is 2.63. The van der Waals surface area contributed by atoms with E-state index in [9.17, 15) is 0 Å². The Morgan fingerprint density at radius 2 is 1.62 bits per heavy atom. The van der Waals surface area contributed by atoms with Crippen molar-refractivity contribution in [3.05, 3.63) is 106 Å².